The normalized spacial score (nSPS) is 17.4. The summed E-state index contributed by atoms with van der Waals surface area (Å²) in [6, 6.07) is 10.9. The maximum atomic E-state index is 12.1. The lowest BCUT2D eigenvalue weighted by Crippen LogP contribution is -2.48. The van der Waals surface area contributed by atoms with Crippen LogP contribution in [-0.4, -0.2) is 46.3 Å². The van der Waals surface area contributed by atoms with Crippen molar-refractivity contribution in [3.05, 3.63) is 74.1 Å². The van der Waals surface area contributed by atoms with Gasteiger partial charge in [0.1, 0.15) is 5.75 Å². The van der Waals surface area contributed by atoms with E-state index in [-0.39, 0.29) is 42.1 Å². The SMILES string of the molecule is CCOc1cc(C(=O)O)c2cc(Cl)ccc2c1C1=c2ccc(Cl)cc2=C(C(=O)O)C[C@@]1(O)OCC. The Kier molecular flexibility index (Phi) is 6.79. The van der Waals surface area contributed by atoms with Crippen molar-refractivity contribution < 1.29 is 34.4 Å². The molecular formula is C26H22Cl2O7. The summed E-state index contributed by atoms with van der Waals surface area (Å²) in [5, 5.41) is 33.8. The zero-order valence-electron chi connectivity index (χ0n) is 18.9. The molecule has 0 unspecified atom stereocenters. The summed E-state index contributed by atoms with van der Waals surface area (Å²) in [6.07, 6.45) is -0.361. The molecule has 1 aliphatic carbocycles. The molecule has 0 spiro atoms. The Labute approximate surface area is 210 Å². The zero-order chi connectivity index (χ0) is 25.5. The molecule has 9 heteroatoms. The van der Waals surface area contributed by atoms with E-state index in [0.29, 0.717) is 36.8 Å². The van der Waals surface area contributed by atoms with Crippen LogP contribution in [0.15, 0.2) is 42.5 Å². The van der Waals surface area contributed by atoms with E-state index in [1.165, 1.54) is 18.2 Å². The first-order valence-corrected chi connectivity index (χ1v) is 11.6. The van der Waals surface area contributed by atoms with Gasteiger partial charge in [-0.3, -0.25) is 0 Å². The number of carboxylic acid groups (broad SMARTS) is 2. The van der Waals surface area contributed by atoms with E-state index in [4.69, 9.17) is 32.7 Å². The largest absolute Gasteiger partial charge is 0.493 e. The molecule has 3 aromatic carbocycles. The fraction of sp³-hybridized carbons (Fsp3) is 0.231. The third-order valence-electron chi connectivity index (χ3n) is 5.87. The lowest BCUT2D eigenvalue weighted by molar-refractivity contribution is -0.154. The highest BCUT2D eigenvalue weighted by molar-refractivity contribution is 6.32. The van der Waals surface area contributed by atoms with Crippen LogP contribution in [0, 0.1) is 0 Å². The standard InChI is InChI=1S/C26H22Cl2O7/c1-3-34-21-11-19(24(29)30)17-9-13(27)5-7-15(17)22(21)23-16-8-6-14(28)10-18(16)20(25(31)32)12-26(23,33)35-4-2/h5-11,33H,3-4,12H2,1-2H3,(H,29,30)(H,31,32)/t26-/m1/s1. The second-order valence-corrected chi connectivity index (χ2v) is 8.84. The Morgan fingerprint density at radius 3 is 2.23 bits per heavy atom. The van der Waals surface area contributed by atoms with Crippen molar-refractivity contribution in [2.45, 2.75) is 26.1 Å². The molecule has 0 heterocycles. The Morgan fingerprint density at radius 1 is 0.914 bits per heavy atom. The molecule has 0 amide bonds. The number of carboxylic acids is 2. The Balaban J connectivity index is 2.31. The average Bonchev–Trinajstić information content (AvgIpc) is 2.79. The summed E-state index contributed by atoms with van der Waals surface area (Å²) in [7, 11) is 0. The van der Waals surface area contributed by atoms with Crippen molar-refractivity contribution >= 4 is 57.1 Å². The van der Waals surface area contributed by atoms with Crippen molar-refractivity contribution in [1.82, 2.24) is 0 Å². The highest BCUT2D eigenvalue weighted by Gasteiger charge is 2.42. The summed E-state index contributed by atoms with van der Waals surface area (Å²) < 4.78 is 11.7. The minimum absolute atomic E-state index is 0.0276. The third kappa shape index (κ3) is 4.36. The van der Waals surface area contributed by atoms with E-state index in [1.54, 1.807) is 38.1 Å². The molecule has 0 fully saturated rings. The number of hydrogen-bond acceptors (Lipinski definition) is 5. The molecule has 0 bridgehead atoms. The second kappa shape index (κ2) is 9.51. The molecule has 4 rings (SSSR count). The molecule has 35 heavy (non-hydrogen) atoms. The van der Waals surface area contributed by atoms with E-state index < -0.39 is 17.7 Å². The van der Waals surface area contributed by atoms with Gasteiger partial charge in [0.15, 0.2) is 5.79 Å². The average molecular weight is 517 g/mol. The molecule has 3 N–H and O–H groups in total. The lowest BCUT2D eigenvalue weighted by atomic mass is 9.81. The Bertz CT molecular complexity index is 1500. The molecule has 3 aromatic rings. The van der Waals surface area contributed by atoms with E-state index in [1.807, 2.05) is 0 Å². The topological polar surface area (TPSA) is 113 Å². The minimum atomic E-state index is -2.05. The summed E-state index contributed by atoms with van der Waals surface area (Å²) in [5.41, 5.74) is 0.547. The number of hydrogen-bond donors (Lipinski definition) is 3. The van der Waals surface area contributed by atoms with Gasteiger partial charge < -0.3 is 24.8 Å². The number of aromatic carboxylic acids is 1. The molecule has 0 aliphatic heterocycles. The third-order valence-corrected chi connectivity index (χ3v) is 6.34. The summed E-state index contributed by atoms with van der Waals surface area (Å²) in [5.74, 6) is -4.24. The molecule has 0 saturated carbocycles. The maximum Gasteiger partial charge on any atom is 0.336 e. The number of aliphatic carboxylic acids is 1. The van der Waals surface area contributed by atoms with Crippen molar-refractivity contribution in [3.8, 4) is 5.75 Å². The first-order chi connectivity index (χ1) is 16.6. The molecule has 0 aromatic heterocycles. The summed E-state index contributed by atoms with van der Waals surface area (Å²) in [6.45, 7) is 3.73. The first kappa shape index (κ1) is 25.0. The van der Waals surface area contributed by atoms with Gasteiger partial charge in [-0.15, -0.1) is 0 Å². The Hall–Kier alpha value is -3.10. The van der Waals surface area contributed by atoms with Gasteiger partial charge in [-0.1, -0.05) is 35.3 Å². The van der Waals surface area contributed by atoms with Crippen molar-refractivity contribution in [1.29, 1.82) is 0 Å². The molecule has 1 atom stereocenters. The molecule has 0 saturated heterocycles. The van der Waals surface area contributed by atoms with Gasteiger partial charge in [0.2, 0.25) is 0 Å². The van der Waals surface area contributed by atoms with Crippen LogP contribution < -0.4 is 15.2 Å². The van der Waals surface area contributed by atoms with Gasteiger partial charge in [0.05, 0.1) is 17.7 Å². The van der Waals surface area contributed by atoms with Crippen LogP contribution in [0.25, 0.3) is 21.9 Å². The molecule has 182 valence electrons. The highest BCUT2D eigenvalue weighted by Crippen LogP contribution is 2.43. The minimum Gasteiger partial charge on any atom is -0.493 e. The van der Waals surface area contributed by atoms with E-state index in [9.17, 15) is 24.9 Å². The van der Waals surface area contributed by atoms with Crippen LogP contribution in [-0.2, 0) is 9.53 Å². The number of ether oxygens (including phenoxy) is 2. The molecule has 1 aliphatic rings. The molecule has 0 radical (unpaired) electrons. The Morgan fingerprint density at radius 2 is 1.60 bits per heavy atom. The monoisotopic (exact) mass is 516 g/mol. The number of aliphatic hydroxyl groups is 1. The zero-order valence-corrected chi connectivity index (χ0v) is 20.4. The smallest absolute Gasteiger partial charge is 0.336 e. The number of halogens is 2. The fourth-order valence-electron chi connectivity index (χ4n) is 4.58. The quantitative estimate of drug-likeness (QED) is 0.409. The second-order valence-electron chi connectivity index (χ2n) is 7.97. The number of benzene rings is 3. The summed E-state index contributed by atoms with van der Waals surface area (Å²) >= 11 is 12.4. The van der Waals surface area contributed by atoms with Crippen LogP contribution in [0.2, 0.25) is 10.0 Å². The number of rotatable bonds is 7. The first-order valence-electron chi connectivity index (χ1n) is 10.9. The van der Waals surface area contributed by atoms with E-state index in [2.05, 4.69) is 0 Å². The van der Waals surface area contributed by atoms with Gasteiger partial charge >= 0.3 is 11.9 Å². The predicted molar refractivity (Wildman–Crippen MR) is 133 cm³/mol. The molecular weight excluding hydrogens is 495 g/mol. The van der Waals surface area contributed by atoms with Crippen LogP contribution in [0.1, 0.15) is 36.2 Å². The van der Waals surface area contributed by atoms with Crippen LogP contribution >= 0.6 is 23.2 Å². The van der Waals surface area contributed by atoms with Gasteiger partial charge in [-0.25, -0.2) is 9.59 Å². The summed E-state index contributed by atoms with van der Waals surface area (Å²) in [4.78, 5) is 24.2. The number of fused-ring (bicyclic) bond motifs is 2. The predicted octanol–water partition coefficient (Wildman–Crippen LogP) is 3.81. The van der Waals surface area contributed by atoms with E-state index in [0.717, 1.165) is 0 Å². The van der Waals surface area contributed by atoms with Crippen LogP contribution in [0.3, 0.4) is 0 Å². The van der Waals surface area contributed by atoms with Crippen molar-refractivity contribution in [2.24, 2.45) is 0 Å². The van der Waals surface area contributed by atoms with Crippen LogP contribution in [0.5, 0.6) is 5.75 Å². The van der Waals surface area contributed by atoms with Gasteiger partial charge in [-0.2, -0.15) is 0 Å². The van der Waals surface area contributed by atoms with Gasteiger partial charge in [-0.05, 0) is 65.4 Å². The highest BCUT2D eigenvalue weighted by atomic mass is 35.5. The maximum absolute atomic E-state index is 12.1. The van der Waals surface area contributed by atoms with Gasteiger partial charge in [0.25, 0.3) is 0 Å². The van der Waals surface area contributed by atoms with Crippen LogP contribution in [0.4, 0.5) is 0 Å². The van der Waals surface area contributed by atoms with Crippen molar-refractivity contribution in [3.63, 3.8) is 0 Å². The van der Waals surface area contributed by atoms with Gasteiger partial charge in [0, 0.05) is 34.2 Å². The lowest BCUT2D eigenvalue weighted by Gasteiger charge is -2.35. The fourth-order valence-corrected chi connectivity index (χ4v) is 4.92. The van der Waals surface area contributed by atoms with Crippen molar-refractivity contribution in [2.75, 3.05) is 13.2 Å². The number of carbonyl (C=O) groups is 2. The molecule has 7 nitrogen and oxygen atoms in total. The van der Waals surface area contributed by atoms with E-state index >= 15 is 0 Å².